The number of rotatable bonds is 8. The first-order valence-electron chi connectivity index (χ1n) is 8.80. The van der Waals surface area contributed by atoms with E-state index in [0.29, 0.717) is 13.0 Å². The Hall–Kier alpha value is -2.81. The molecule has 0 atom stereocenters. The molecule has 1 N–H and O–H groups in total. The van der Waals surface area contributed by atoms with Crippen LogP contribution in [0.25, 0.3) is 0 Å². The van der Waals surface area contributed by atoms with E-state index in [1.165, 1.54) is 36.4 Å². The average molecular weight is 426 g/mol. The standard InChI is InChI=1S/C20H21F3N2O3S/c1-3-11-24-19(26)15-7-5-10-18(13-15)29(27,28)25(12-4-2)17-9-6-8-16(14-17)20(21,22)23/h4-10,13-14H,2-3,11-12H2,1H3,(H,24,26). The van der Waals surface area contributed by atoms with Gasteiger partial charge in [-0.25, -0.2) is 8.42 Å². The highest BCUT2D eigenvalue weighted by molar-refractivity contribution is 7.92. The predicted molar refractivity (Wildman–Crippen MR) is 105 cm³/mol. The topological polar surface area (TPSA) is 66.5 Å². The van der Waals surface area contributed by atoms with E-state index in [-0.39, 0.29) is 22.7 Å². The van der Waals surface area contributed by atoms with Gasteiger partial charge in [-0.3, -0.25) is 9.10 Å². The summed E-state index contributed by atoms with van der Waals surface area (Å²) in [6.45, 7) is 5.56. The van der Waals surface area contributed by atoms with Gasteiger partial charge >= 0.3 is 6.18 Å². The van der Waals surface area contributed by atoms with Gasteiger partial charge in [0.2, 0.25) is 0 Å². The van der Waals surface area contributed by atoms with Gasteiger partial charge in [-0.15, -0.1) is 6.58 Å². The van der Waals surface area contributed by atoms with E-state index in [4.69, 9.17) is 0 Å². The molecule has 0 aromatic heterocycles. The Morgan fingerprint density at radius 3 is 2.48 bits per heavy atom. The monoisotopic (exact) mass is 426 g/mol. The van der Waals surface area contributed by atoms with Crippen LogP contribution >= 0.6 is 0 Å². The van der Waals surface area contributed by atoms with Crippen LogP contribution in [0.4, 0.5) is 18.9 Å². The summed E-state index contributed by atoms with van der Waals surface area (Å²) in [5.41, 5.74) is -0.977. The molecule has 0 aliphatic rings. The van der Waals surface area contributed by atoms with Gasteiger partial charge in [0.05, 0.1) is 22.7 Å². The molecule has 0 unspecified atom stereocenters. The van der Waals surface area contributed by atoms with Gasteiger partial charge in [-0.1, -0.05) is 25.1 Å². The molecule has 2 aromatic carbocycles. The van der Waals surface area contributed by atoms with Gasteiger partial charge < -0.3 is 5.32 Å². The molecule has 0 fully saturated rings. The Kier molecular flexibility index (Phi) is 7.07. The van der Waals surface area contributed by atoms with Crippen molar-refractivity contribution in [2.75, 3.05) is 17.4 Å². The molecule has 9 heteroatoms. The molecule has 2 rings (SSSR count). The summed E-state index contributed by atoms with van der Waals surface area (Å²) in [5, 5.41) is 2.65. The number of alkyl halides is 3. The number of carbonyl (C=O) groups is 1. The molecule has 0 heterocycles. The molecule has 0 radical (unpaired) electrons. The number of benzene rings is 2. The minimum Gasteiger partial charge on any atom is -0.352 e. The van der Waals surface area contributed by atoms with Crippen LogP contribution in [-0.2, 0) is 16.2 Å². The highest BCUT2D eigenvalue weighted by Gasteiger charge is 2.32. The molecule has 2 aromatic rings. The minimum absolute atomic E-state index is 0.141. The van der Waals surface area contributed by atoms with Crippen LogP contribution in [0.5, 0.6) is 0 Å². The number of carbonyl (C=O) groups excluding carboxylic acids is 1. The van der Waals surface area contributed by atoms with Crippen molar-refractivity contribution in [1.82, 2.24) is 5.32 Å². The molecular formula is C20H21F3N2O3S. The van der Waals surface area contributed by atoms with E-state index in [0.717, 1.165) is 22.5 Å². The Bertz CT molecular complexity index is 988. The van der Waals surface area contributed by atoms with Gasteiger partial charge in [-0.05, 0) is 42.8 Å². The third-order valence-electron chi connectivity index (χ3n) is 3.98. The normalized spacial score (nSPS) is 11.7. The number of anilines is 1. The van der Waals surface area contributed by atoms with Crippen LogP contribution in [0.3, 0.4) is 0 Å². The summed E-state index contributed by atoms with van der Waals surface area (Å²) in [4.78, 5) is 11.9. The fraction of sp³-hybridized carbons (Fsp3) is 0.250. The van der Waals surface area contributed by atoms with Crippen molar-refractivity contribution in [1.29, 1.82) is 0 Å². The summed E-state index contributed by atoms with van der Waals surface area (Å²) < 4.78 is 66.2. The van der Waals surface area contributed by atoms with Crippen molar-refractivity contribution in [3.8, 4) is 0 Å². The van der Waals surface area contributed by atoms with E-state index in [1.807, 2.05) is 6.92 Å². The zero-order valence-electron chi connectivity index (χ0n) is 15.7. The van der Waals surface area contributed by atoms with Crippen molar-refractivity contribution in [3.05, 3.63) is 72.3 Å². The van der Waals surface area contributed by atoms with Crippen molar-refractivity contribution in [3.63, 3.8) is 0 Å². The van der Waals surface area contributed by atoms with Crippen molar-refractivity contribution < 1.29 is 26.4 Å². The third-order valence-corrected chi connectivity index (χ3v) is 5.77. The maximum absolute atomic E-state index is 13.1. The van der Waals surface area contributed by atoms with Crippen molar-refractivity contribution in [2.45, 2.75) is 24.4 Å². The molecule has 0 saturated heterocycles. The van der Waals surface area contributed by atoms with Crippen LogP contribution in [0.15, 0.2) is 66.1 Å². The van der Waals surface area contributed by atoms with E-state index in [9.17, 15) is 26.4 Å². The lowest BCUT2D eigenvalue weighted by Gasteiger charge is -2.24. The van der Waals surface area contributed by atoms with Crippen LogP contribution in [-0.4, -0.2) is 27.4 Å². The lowest BCUT2D eigenvalue weighted by atomic mass is 10.2. The van der Waals surface area contributed by atoms with Crippen LogP contribution in [0.1, 0.15) is 29.3 Å². The molecule has 0 saturated carbocycles. The molecule has 156 valence electrons. The predicted octanol–water partition coefficient (Wildman–Crippen LogP) is 4.23. The lowest BCUT2D eigenvalue weighted by Crippen LogP contribution is -2.32. The fourth-order valence-corrected chi connectivity index (χ4v) is 4.04. The maximum atomic E-state index is 13.1. The van der Waals surface area contributed by atoms with Gasteiger partial charge in [0.15, 0.2) is 0 Å². The van der Waals surface area contributed by atoms with Crippen LogP contribution in [0, 0.1) is 0 Å². The van der Waals surface area contributed by atoms with Crippen LogP contribution < -0.4 is 9.62 Å². The van der Waals surface area contributed by atoms with E-state index >= 15 is 0 Å². The Balaban J connectivity index is 2.48. The van der Waals surface area contributed by atoms with Crippen LogP contribution in [0.2, 0.25) is 0 Å². The molecule has 0 spiro atoms. The molecular weight excluding hydrogens is 405 g/mol. The third kappa shape index (κ3) is 5.38. The Morgan fingerprint density at radius 1 is 1.17 bits per heavy atom. The van der Waals surface area contributed by atoms with E-state index in [2.05, 4.69) is 11.9 Å². The number of hydrogen-bond acceptors (Lipinski definition) is 3. The van der Waals surface area contributed by atoms with E-state index < -0.39 is 27.7 Å². The largest absolute Gasteiger partial charge is 0.416 e. The molecule has 0 aliphatic heterocycles. The number of amides is 1. The first-order chi connectivity index (χ1) is 13.6. The SMILES string of the molecule is C=CCN(c1cccc(C(F)(F)F)c1)S(=O)(=O)c1cccc(C(=O)NCCC)c1. The quantitative estimate of drug-likeness (QED) is 0.643. The number of sulfonamides is 1. The first-order valence-corrected chi connectivity index (χ1v) is 10.2. The molecule has 0 aliphatic carbocycles. The first kappa shape index (κ1) is 22.5. The highest BCUT2D eigenvalue weighted by Crippen LogP contribution is 2.33. The zero-order chi connectivity index (χ0) is 21.7. The second-order valence-corrected chi connectivity index (χ2v) is 8.02. The summed E-state index contributed by atoms with van der Waals surface area (Å²) >= 11 is 0. The molecule has 0 bridgehead atoms. The Morgan fingerprint density at radius 2 is 1.86 bits per heavy atom. The average Bonchev–Trinajstić information content (AvgIpc) is 2.69. The number of nitrogens with one attached hydrogen (secondary N) is 1. The van der Waals surface area contributed by atoms with Crippen molar-refractivity contribution >= 4 is 21.6 Å². The smallest absolute Gasteiger partial charge is 0.352 e. The maximum Gasteiger partial charge on any atom is 0.416 e. The van der Waals surface area contributed by atoms with E-state index in [1.54, 1.807) is 0 Å². The van der Waals surface area contributed by atoms with Crippen molar-refractivity contribution in [2.24, 2.45) is 0 Å². The zero-order valence-corrected chi connectivity index (χ0v) is 16.6. The number of nitrogens with zero attached hydrogens (tertiary/aromatic N) is 1. The summed E-state index contributed by atoms with van der Waals surface area (Å²) in [6.07, 6.45) is -2.63. The minimum atomic E-state index is -4.61. The second-order valence-electron chi connectivity index (χ2n) is 6.16. The fourth-order valence-electron chi connectivity index (χ4n) is 2.56. The number of halogens is 3. The molecule has 5 nitrogen and oxygen atoms in total. The van der Waals surface area contributed by atoms with Gasteiger partial charge in [0.25, 0.3) is 15.9 Å². The lowest BCUT2D eigenvalue weighted by molar-refractivity contribution is -0.137. The second kappa shape index (κ2) is 9.13. The van der Waals surface area contributed by atoms with Gasteiger partial charge in [-0.2, -0.15) is 13.2 Å². The molecule has 1 amide bonds. The highest BCUT2D eigenvalue weighted by atomic mass is 32.2. The molecule has 29 heavy (non-hydrogen) atoms. The van der Waals surface area contributed by atoms with Gasteiger partial charge in [0.1, 0.15) is 0 Å². The summed E-state index contributed by atoms with van der Waals surface area (Å²) in [6, 6.07) is 9.39. The summed E-state index contributed by atoms with van der Waals surface area (Å²) in [5.74, 6) is -0.432. The Labute approximate surface area is 167 Å². The van der Waals surface area contributed by atoms with Gasteiger partial charge in [0, 0.05) is 12.1 Å². The number of hydrogen-bond donors (Lipinski definition) is 1. The summed E-state index contributed by atoms with van der Waals surface area (Å²) in [7, 11) is -4.24.